The number of anilines is 2. The molecule has 1 aliphatic carbocycles. The van der Waals surface area contributed by atoms with E-state index in [0.717, 1.165) is 54.3 Å². The standard InChI is InChI=1S/C31H31FN6O/c1-19-16-23-18-26-22(8-10-33-31(26)39)17-25(23)28-30(34-19)36-29(32)27(35-28)21-4-6-24(7-5-21)38-14-12-37(13-15-38)11-9-20-2-3-20/h4-8,10,17-18,20H,1-3,9,11-16H2,(H,33,39)(H,34,36). The van der Waals surface area contributed by atoms with Crippen LogP contribution in [-0.4, -0.2) is 52.6 Å². The molecule has 2 N–H and O–H groups in total. The Morgan fingerprint density at radius 1 is 1.00 bits per heavy atom. The second-order valence-corrected chi connectivity index (χ2v) is 11.0. The van der Waals surface area contributed by atoms with E-state index in [1.165, 1.54) is 25.8 Å². The van der Waals surface area contributed by atoms with Crippen LogP contribution in [0.3, 0.4) is 0 Å². The van der Waals surface area contributed by atoms with E-state index in [4.69, 9.17) is 4.98 Å². The Morgan fingerprint density at radius 3 is 2.56 bits per heavy atom. The van der Waals surface area contributed by atoms with Crippen LogP contribution in [0.5, 0.6) is 0 Å². The summed E-state index contributed by atoms with van der Waals surface area (Å²) in [6.07, 6.45) is 6.28. The Hall–Kier alpha value is -4.04. The fourth-order valence-corrected chi connectivity index (χ4v) is 5.79. The highest BCUT2D eigenvalue weighted by atomic mass is 19.1. The lowest BCUT2D eigenvalue weighted by atomic mass is 9.97. The highest BCUT2D eigenvalue weighted by Gasteiger charge is 2.25. The van der Waals surface area contributed by atoms with Crippen LogP contribution in [0.25, 0.3) is 33.3 Å². The zero-order valence-electron chi connectivity index (χ0n) is 21.8. The Bertz CT molecular complexity index is 1630. The molecule has 0 spiro atoms. The minimum Gasteiger partial charge on any atom is -0.369 e. The normalized spacial score (nSPS) is 17.5. The first-order valence-electron chi connectivity index (χ1n) is 13.8. The van der Waals surface area contributed by atoms with Gasteiger partial charge in [0, 0.05) is 66.7 Å². The number of hydrogen-bond donors (Lipinski definition) is 2. The van der Waals surface area contributed by atoms with Crippen LogP contribution in [0.2, 0.25) is 0 Å². The van der Waals surface area contributed by atoms with Crippen LogP contribution >= 0.6 is 0 Å². The molecule has 7 nitrogen and oxygen atoms in total. The third-order valence-corrected chi connectivity index (χ3v) is 8.23. The highest BCUT2D eigenvalue weighted by Crippen LogP contribution is 2.37. The van der Waals surface area contributed by atoms with E-state index in [-0.39, 0.29) is 11.3 Å². The number of piperazine rings is 1. The number of benzene rings is 2. The molecule has 2 aliphatic heterocycles. The first-order chi connectivity index (χ1) is 19.0. The summed E-state index contributed by atoms with van der Waals surface area (Å²) in [7, 11) is 0. The average molecular weight is 523 g/mol. The smallest absolute Gasteiger partial charge is 0.255 e. The molecule has 0 amide bonds. The van der Waals surface area contributed by atoms with Crippen molar-refractivity contribution in [3.8, 4) is 22.5 Å². The number of aromatic nitrogens is 3. The molecule has 0 unspecified atom stereocenters. The quantitative estimate of drug-likeness (QED) is 0.376. The van der Waals surface area contributed by atoms with E-state index >= 15 is 4.39 Å². The SMILES string of the molecule is C=C1Cc2cc3c(=O)[nH]ccc3cc2-c2nc(-c3ccc(N4CCN(CCC5CC5)CC4)cc3)c(F)nc2N1. The van der Waals surface area contributed by atoms with E-state index in [9.17, 15) is 4.79 Å². The molecule has 7 rings (SSSR count). The van der Waals surface area contributed by atoms with E-state index in [2.05, 4.69) is 43.8 Å². The molecule has 1 saturated heterocycles. The Kier molecular flexibility index (Phi) is 5.92. The highest BCUT2D eigenvalue weighted by molar-refractivity contribution is 5.91. The van der Waals surface area contributed by atoms with Crippen molar-refractivity contribution in [3.63, 3.8) is 0 Å². The van der Waals surface area contributed by atoms with Crippen molar-refractivity contribution in [2.24, 2.45) is 5.92 Å². The third kappa shape index (κ3) is 4.69. The van der Waals surface area contributed by atoms with Gasteiger partial charge in [0.15, 0.2) is 5.82 Å². The number of halogens is 1. The summed E-state index contributed by atoms with van der Waals surface area (Å²) in [6.45, 7) is 9.45. The van der Waals surface area contributed by atoms with Crippen LogP contribution in [-0.2, 0) is 6.42 Å². The van der Waals surface area contributed by atoms with Crippen molar-refractivity contribution in [2.45, 2.75) is 25.7 Å². The molecule has 0 atom stereocenters. The average Bonchev–Trinajstić information content (AvgIpc) is 3.78. The van der Waals surface area contributed by atoms with Gasteiger partial charge in [0.1, 0.15) is 11.4 Å². The molecule has 39 heavy (non-hydrogen) atoms. The van der Waals surface area contributed by atoms with Gasteiger partial charge >= 0.3 is 0 Å². The lowest BCUT2D eigenvalue weighted by Gasteiger charge is -2.36. The van der Waals surface area contributed by atoms with Crippen molar-refractivity contribution in [3.05, 3.63) is 82.8 Å². The summed E-state index contributed by atoms with van der Waals surface area (Å²) < 4.78 is 15.3. The van der Waals surface area contributed by atoms with E-state index < -0.39 is 5.95 Å². The van der Waals surface area contributed by atoms with Gasteiger partial charge in [-0.15, -0.1) is 0 Å². The van der Waals surface area contributed by atoms with Crippen LogP contribution in [0, 0.1) is 11.9 Å². The Balaban J connectivity index is 1.18. The Morgan fingerprint density at radius 2 is 1.79 bits per heavy atom. The van der Waals surface area contributed by atoms with E-state index in [1.807, 2.05) is 30.3 Å². The zero-order chi connectivity index (χ0) is 26.5. The number of allylic oxidation sites excluding steroid dienone is 1. The summed E-state index contributed by atoms with van der Waals surface area (Å²) in [5, 5.41) is 4.52. The zero-order valence-corrected chi connectivity index (χ0v) is 21.8. The lowest BCUT2D eigenvalue weighted by Crippen LogP contribution is -2.46. The number of hydrogen-bond acceptors (Lipinski definition) is 6. The first-order valence-corrected chi connectivity index (χ1v) is 13.8. The van der Waals surface area contributed by atoms with Gasteiger partial charge in [-0.1, -0.05) is 31.6 Å². The third-order valence-electron chi connectivity index (χ3n) is 8.23. The van der Waals surface area contributed by atoms with Crippen LogP contribution < -0.4 is 15.8 Å². The van der Waals surface area contributed by atoms with Gasteiger partial charge in [0.2, 0.25) is 5.95 Å². The van der Waals surface area contributed by atoms with Crippen molar-refractivity contribution < 1.29 is 4.39 Å². The number of fused-ring (bicyclic) bond motifs is 4. The number of H-pyrrole nitrogens is 1. The largest absolute Gasteiger partial charge is 0.369 e. The molecule has 8 heteroatoms. The molecule has 2 fully saturated rings. The molecule has 1 saturated carbocycles. The number of aromatic amines is 1. The summed E-state index contributed by atoms with van der Waals surface area (Å²) in [5.74, 6) is 0.672. The van der Waals surface area contributed by atoms with E-state index in [1.54, 1.807) is 6.20 Å². The fraction of sp³-hybridized carbons (Fsp3) is 0.323. The van der Waals surface area contributed by atoms with Gasteiger partial charge in [-0.05, 0) is 60.2 Å². The van der Waals surface area contributed by atoms with Gasteiger partial charge in [0.25, 0.3) is 5.56 Å². The molecule has 4 aromatic rings. The maximum absolute atomic E-state index is 15.3. The second-order valence-electron chi connectivity index (χ2n) is 11.0. The summed E-state index contributed by atoms with van der Waals surface area (Å²) in [4.78, 5) is 29.2. The van der Waals surface area contributed by atoms with Crippen molar-refractivity contribution in [2.75, 3.05) is 42.9 Å². The number of nitrogens with zero attached hydrogens (tertiary/aromatic N) is 4. The van der Waals surface area contributed by atoms with Crippen molar-refractivity contribution >= 4 is 22.3 Å². The lowest BCUT2D eigenvalue weighted by molar-refractivity contribution is 0.250. The molecule has 198 valence electrons. The predicted molar refractivity (Wildman–Crippen MR) is 153 cm³/mol. The van der Waals surface area contributed by atoms with Crippen LogP contribution in [0.1, 0.15) is 24.8 Å². The number of rotatable bonds is 5. The number of pyridine rings is 1. The summed E-state index contributed by atoms with van der Waals surface area (Å²) >= 11 is 0. The predicted octanol–water partition coefficient (Wildman–Crippen LogP) is 5.20. The first kappa shape index (κ1) is 24.0. The fourth-order valence-electron chi connectivity index (χ4n) is 5.79. The molecular weight excluding hydrogens is 491 g/mol. The Labute approximate surface area is 226 Å². The second kappa shape index (κ2) is 9.61. The van der Waals surface area contributed by atoms with E-state index in [0.29, 0.717) is 34.6 Å². The van der Waals surface area contributed by atoms with Gasteiger partial charge < -0.3 is 15.2 Å². The molecule has 0 bridgehead atoms. The topological polar surface area (TPSA) is 77.2 Å². The minimum atomic E-state index is -0.633. The van der Waals surface area contributed by atoms with Crippen molar-refractivity contribution in [1.29, 1.82) is 0 Å². The maximum atomic E-state index is 15.3. The minimum absolute atomic E-state index is 0.149. The van der Waals surface area contributed by atoms with Gasteiger partial charge in [-0.2, -0.15) is 9.37 Å². The molecule has 3 aliphatic rings. The van der Waals surface area contributed by atoms with Gasteiger partial charge in [-0.3, -0.25) is 9.69 Å². The van der Waals surface area contributed by atoms with Crippen LogP contribution in [0.4, 0.5) is 15.9 Å². The monoisotopic (exact) mass is 522 g/mol. The molecular formula is C31H31FN6O. The van der Waals surface area contributed by atoms with Crippen molar-refractivity contribution in [1.82, 2.24) is 19.9 Å². The molecule has 0 radical (unpaired) electrons. The van der Waals surface area contributed by atoms with Gasteiger partial charge in [0.05, 0.1) is 0 Å². The molecule has 2 aromatic carbocycles. The summed E-state index contributed by atoms with van der Waals surface area (Å²) in [6, 6.07) is 13.6. The summed E-state index contributed by atoms with van der Waals surface area (Å²) in [5.41, 5.74) is 4.81. The van der Waals surface area contributed by atoms with Gasteiger partial charge in [-0.25, -0.2) is 4.98 Å². The molecule has 4 heterocycles. The number of nitrogens with one attached hydrogen (secondary N) is 2. The maximum Gasteiger partial charge on any atom is 0.255 e. The van der Waals surface area contributed by atoms with Crippen LogP contribution in [0.15, 0.2) is 65.7 Å². The molecule has 2 aromatic heterocycles.